The quantitative estimate of drug-likeness (QED) is 0.824. The molecular weight excluding hydrogens is 234 g/mol. The van der Waals surface area contributed by atoms with Crippen molar-refractivity contribution in [1.29, 1.82) is 0 Å². The normalized spacial score (nSPS) is 23.2. The molecule has 0 aliphatic heterocycles. The summed E-state index contributed by atoms with van der Waals surface area (Å²) < 4.78 is 0. The summed E-state index contributed by atoms with van der Waals surface area (Å²) in [6.07, 6.45) is 3.37. The van der Waals surface area contributed by atoms with Gasteiger partial charge >= 0.3 is 0 Å². The molecule has 2 N–H and O–H groups in total. The van der Waals surface area contributed by atoms with Gasteiger partial charge in [-0.2, -0.15) is 0 Å². The van der Waals surface area contributed by atoms with Crippen molar-refractivity contribution in [3.05, 3.63) is 35.4 Å². The summed E-state index contributed by atoms with van der Waals surface area (Å²) in [4.78, 5) is 0. The van der Waals surface area contributed by atoms with E-state index in [1.165, 1.54) is 24.0 Å². The van der Waals surface area contributed by atoms with Crippen LogP contribution in [0.4, 0.5) is 0 Å². The summed E-state index contributed by atoms with van der Waals surface area (Å²) in [5.74, 6) is 0.736. The number of aryl methyl sites for hydroxylation is 1. The van der Waals surface area contributed by atoms with Crippen molar-refractivity contribution in [3.63, 3.8) is 0 Å². The predicted octanol–water partition coefficient (Wildman–Crippen LogP) is 3.24. The smallest absolute Gasteiger partial charge is 0.0436 e. The Hall–Kier alpha value is -0.860. The molecule has 1 fully saturated rings. The highest BCUT2D eigenvalue weighted by molar-refractivity contribution is 5.31. The number of aliphatic hydroxyl groups excluding tert-OH is 1. The van der Waals surface area contributed by atoms with Gasteiger partial charge in [-0.1, -0.05) is 38.1 Å². The summed E-state index contributed by atoms with van der Waals surface area (Å²) in [7, 11) is 0. The second-order valence-electron chi connectivity index (χ2n) is 6.74. The van der Waals surface area contributed by atoms with Gasteiger partial charge in [-0.25, -0.2) is 0 Å². The Labute approximate surface area is 117 Å². The zero-order chi connectivity index (χ0) is 13.9. The predicted molar refractivity (Wildman–Crippen MR) is 80.4 cm³/mol. The van der Waals surface area contributed by atoms with Crippen LogP contribution in [-0.4, -0.2) is 24.3 Å². The topological polar surface area (TPSA) is 32.3 Å². The van der Waals surface area contributed by atoms with E-state index >= 15 is 0 Å². The minimum Gasteiger partial charge on any atom is -0.396 e. The summed E-state index contributed by atoms with van der Waals surface area (Å²) >= 11 is 0. The molecule has 1 aromatic rings. The van der Waals surface area contributed by atoms with Gasteiger partial charge in [-0.3, -0.25) is 0 Å². The van der Waals surface area contributed by atoms with Crippen LogP contribution in [0.2, 0.25) is 0 Å². The number of nitrogens with one attached hydrogen (secondary N) is 1. The van der Waals surface area contributed by atoms with E-state index in [1.807, 2.05) is 0 Å². The summed E-state index contributed by atoms with van der Waals surface area (Å²) in [5, 5.41) is 12.7. The molecule has 106 valence electrons. The van der Waals surface area contributed by atoms with Gasteiger partial charge in [0, 0.05) is 19.2 Å². The molecule has 19 heavy (non-hydrogen) atoms. The van der Waals surface area contributed by atoms with Crippen molar-refractivity contribution in [2.75, 3.05) is 13.2 Å². The second kappa shape index (κ2) is 6.06. The molecule has 2 heteroatoms. The molecule has 1 saturated carbocycles. The fraction of sp³-hybridized carbons (Fsp3) is 0.647. The number of aliphatic hydroxyl groups is 1. The Bertz CT molecular complexity index is 407. The van der Waals surface area contributed by atoms with Crippen LogP contribution < -0.4 is 5.32 Å². The molecule has 0 unspecified atom stereocenters. The SMILES string of the molecule is Cc1ccccc1C1CC(NCC(C)(C)CCO)C1. The van der Waals surface area contributed by atoms with E-state index < -0.39 is 0 Å². The highest BCUT2D eigenvalue weighted by atomic mass is 16.3. The maximum absolute atomic E-state index is 9.03. The Morgan fingerprint density at radius 2 is 1.95 bits per heavy atom. The Morgan fingerprint density at radius 3 is 2.58 bits per heavy atom. The van der Waals surface area contributed by atoms with Crippen LogP contribution in [0, 0.1) is 12.3 Å². The molecule has 0 heterocycles. The standard InChI is InChI=1S/C17H27NO/c1-13-6-4-5-7-16(13)14-10-15(11-14)18-12-17(2,3)8-9-19/h4-7,14-15,18-19H,8-12H2,1-3H3. The van der Waals surface area contributed by atoms with Gasteiger partial charge in [0.05, 0.1) is 0 Å². The highest BCUT2D eigenvalue weighted by Crippen LogP contribution is 2.38. The molecule has 1 aliphatic rings. The van der Waals surface area contributed by atoms with Crippen LogP contribution in [0.15, 0.2) is 24.3 Å². The van der Waals surface area contributed by atoms with Crippen molar-refractivity contribution in [2.45, 2.75) is 52.0 Å². The number of hydrogen-bond donors (Lipinski definition) is 2. The Kier molecular flexibility index (Phi) is 4.64. The fourth-order valence-electron chi connectivity index (χ4n) is 2.89. The van der Waals surface area contributed by atoms with Gasteiger partial charge in [-0.15, -0.1) is 0 Å². The molecule has 2 nitrogen and oxygen atoms in total. The molecule has 2 rings (SSSR count). The minimum atomic E-state index is 0.197. The van der Waals surface area contributed by atoms with E-state index in [2.05, 4.69) is 50.4 Å². The van der Waals surface area contributed by atoms with Crippen LogP contribution in [0.3, 0.4) is 0 Å². The van der Waals surface area contributed by atoms with Crippen LogP contribution in [0.5, 0.6) is 0 Å². The van der Waals surface area contributed by atoms with Crippen LogP contribution >= 0.6 is 0 Å². The van der Waals surface area contributed by atoms with E-state index in [0.717, 1.165) is 18.9 Å². The Morgan fingerprint density at radius 1 is 1.26 bits per heavy atom. The van der Waals surface area contributed by atoms with Crippen molar-refractivity contribution < 1.29 is 5.11 Å². The zero-order valence-corrected chi connectivity index (χ0v) is 12.4. The molecule has 0 spiro atoms. The number of benzene rings is 1. The molecule has 0 aromatic heterocycles. The average Bonchev–Trinajstić information content (AvgIpc) is 2.29. The molecule has 0 atom stereocenters. The van der Waals surface area contributed by atoms with Gasteiger partial charge in [-0.05, 0) is 48.6 Å². The summed E-state index contributed by atoms with van der Waals surface area (Å²) in [6.45, 7) is 7.92. The molecule has 0 bridgehead atoms. The average molecular weight is 261 g/mol. The van der Waals surface area contributed by atoms with Crippen molar-refractivity contribution in [1.82, 2.24) is 5.32 Å². The minimum absolute atomic E-state index is 0.197. The van der Waals surface area contributed by atoms with E-state index in [1.54, 1.807) is 0 Å². The van der Waals surface area contributed by atoms with E-state index in [4.69, 9.17) is 5.11 Å². The molecule has 0 saturated heterocycles. The fourth-order valence-corrected chi connectivity index (χ4v) is 2.89. The first-order chi connectivity index (χ1) is 9.02. The lowest BCUT2D eigenvalue weighted by molar-refractivity contribution is 0.187. The van der Waals surface area contributed by atoms with Crippen molar-refractivity contribution in [3.8, 4) is 0 Å². The van der Waals surface area contributed by atoms with E-state index in [9.17, 15) is 0 Å². The first-order valence-electron chi connectivity index (χ1n) is 7.41. The van der Waals surface area contributed by atoms with Gasteiger partial charge in [0.25, 0.3) is 0 Å². The van der Waals surface area contributed by atoms with Crippen LogP contribution in [0.25, 0.3) is 0 Å². The molecular formula is C17H27NO. The van der Waals surface area contributed by atoms with E-state index in [0.29, 0.717) is 6.04 Å². The van der Waals surface area contributed by atoms with Gasteiger partial charge in [0.2, 0.25) is 0 Å². The lowest BCUT2D eigenvalue weighted by Gasteiger charge is -2.39. The molecule has 0 radical (unpaired) electrons. The molecule has 1 aliphatic carbocycles. The zero-order valence-electron chi connectivity index (χ0n) is 12.4. The summed E-state index contributed by atoms with van der Waals surface area (Å²) in [5.41, 5.74) is 3.14. The van der Waals surface area contributed by atoms with E-state index in [-0.39, 0.29) is 12.0 Å². The van der Waals surface area contributed by atoms with Gasteiger partial charge in [0.1, 0.15) is 0 Å². The Balaban J connectivity index is 1.77. The number of hydrogen-bond acceptors (Lipinski definition) is 2. The first-order valence-corrected chi connectivity index (χ1v) is 7.41. The van der Waals surface area contributed by atoms with Gasteiger partial charge in [0.15, 0.2) is 0 Å². The summed E-state index contributed by atoms with van der Waals surface area (Å²) in [6, 6.07) is 9.40. The van der Waals surface area contributed by atoms with Gasteiger partial charge < -0.3 is 10.4 Å². The maximum atomic E-state index is 9.03. The third kappa shape index (κ3) is 3.80. The van der Waals surface area contributed by atoms with Crippen molar-refractivity contribution >= 4 is 0 Å². The third-order valence-electron chi connectivity index (χ3n) is 4.42. The highest BCUT2D eigenvalue weighted by Gasteiger charge is 2.31. The second-order valence-corrected chi connectivity index (χ2v) is 6.74. The van der Waals surface area contributed by atoms with Crippen molar-refractivity contribution in [2.24, 2.45) is 5.41 Å². The third-order valence-corrected chi connectivity index (χ3v) is 4.42. The maximum Gasteiger partial charge on any atom is 0.0436 e. The first kappa shape index (κ1) is 14.5. The van der Waals surface area contributed by atoms with Crippen LogP contribution in [-0.2, 0) is 0 Å². The van der Waals surface area contributed by atoms with Crippen LogP contribution in [0.1, 0.15) is 50.2 Å². The largest absolute Gasteiger partial charge is 0.396 e. The number of rotatable bonds is 6. The lowest BCUT2D eigenvalue weighted by Crippen LogP contribution is -2.44. The molecule has 1 aromatic carbocycles. The monoisotopic (exact) mass is 261 g/mol. The lowest BCUT2D eigenvalue weighted by atomic mass is 9.74. The molecule has 0 amide bonds.